The van der Waals surface area contributed by atoms with Crippen LogP contribution < -0.4 is 10.1 Å². The molecule has 11 heteroatoms. The molecule has 2 aromatic heterocycles. The second kappa shape index (κ2) is 9.37. The fourth-order valence-electron chi connectivity index (χ4n) is 3.17. The first-order valence-electron chi connectivity index (χ1n) is 10.2. The second-order valence-electron chi connectivity index (χ2n) is 7.59. The molecule has 0 aliphatic rings. The lowest BCUT2D eigenvalue weighted by Gasteiger charge is -2.11. The minimum Gasteiger partial charge on any atom is -0.497 e. The predicted molar refractivity (Wildman–Crippen MR) is 131 cm³/mol. The maximum atomic E-state index is 12.8. The average Bonchev–Trinajstić information content (AvgIpc) is 3.45. The third-order valence-corrected chi connectivity index (χ3v) is 7.67. The highest BCUT2D eigenvalue weighted by molar-refractivity contribution is 7.89. The molecular weight excluding hydrogens is 474 g/mol. The number of rotatable bonds is 7. The molecule has 9 nitrogen and oxygen atoms in total. The molecule has 0 fully saturated rings. The van der Waals surface area contributed by atoms with E-state index in [1.54, 1.807) is 17.9 Å². The predicted octanol–water partition coefficient (Wildman–Crippen LogP) is 3.82. The van der Waals surface area contributed by atoms with Crippen molar-refractivity contribution in [1.29, 1.82) is 0 Å². The zero-order chi connectivity index (χ0) is 24.5. The Bertz CT molecular complexity index is 1420. The van der Waals surface area contributed by atoms with E-state index in [1.807, 2.05) is 36.6 Å². The standard InChI is InChI=1S/C23H23N5O4S2/c1-15-13-21(25-22(29)17-7-11-19(12-8-17)34(30,31)27(2)3)28(26-15)23-24-20(14-33-23)16-5-9-18(32-4)10-6-16/h5-14H,1-4H3,(H,25,29). The summed E-state index contributed by atoms with van der Waals surface area (Å²) in [5.74, 6) is 0.837. The maximum absolute atomic E-state index is 12.8. The number of nitrogens with one attached hydrogen (secondary N) is 1. The number of aryl methyl sites for hydroxylation is 1. The number of aromatic nitrogens is 3. The number of hydrogen-bond donors (Lipinski definition) is 1. The van der Waals surface area contributed by atoms with E-state index in [0.29, 0.717) is 22.2 Å². The summed E-state index contributed by atoms with van der Waals surface area (Å²) in [6, 6.07) is 15.1. The van der Waals surface area contributed by atoms with Gasteiger partial charge in [0.1, 0.15) is 11.6 Å². The third-order valence-electron chi connectivity index (χ3n) is 5.03. The zero-order valence-corrected chi connectivity index (χ0v) is 20.6. The van der Waals surface area contributed by atoms with Gasteiger partial charge in [0.25, 0.3) is 5.91 Å². The van der Waals surface area contributed by atoms with E-state index in [-0.39, 0.29) is 10.8 Å². The van der Waals surface area contributed by atoms with Crippen LogP contribution in [0.5, 0.6) is 5.75 Å². The summed E-state index contributed by atoms with van der Waals surface area (Å²) in [5.41, 5.74) is 2.75. The summed E-state index contributed by atoms with van der Waals surface area (Å²) in [7, 11) is 0.961. The third kappa shape index (κ3) is 4.72. The molecule has 0 saturated carbocycles. The summed E-state index contributed by atoms with van der Waals surface area (Å²) in [4.78, 5) is 17.6. The molecule has 0 unspecified atom stereocenters. The molecule has 0 aliphatic carbocycles. The number of benzene rings is 2. The number of carbonyl (C=O) groups is 1. The van der Waals surface area contributed by atoms with Gasteiger partial charge < -0.3 is 10.1 Å². The van der Waals surface area contributed by atoms with Crippen LogP contribution in [0.2, 0.25) is 0 Å². The van der Waals surface area contributed by atoms with Crippen molar-refractivity contribution in [2.75, 3.05) is 26.5 Å². The molecule has 2 aromatic carbocycles. The normalized spacial score (nSPS) is 11.6. The summed E-state index contributed by atoms with van der Waals surface area (Å²) < 4.78 is 32.4. The molecule has 0 saturated heterocycles. The first kappa shape index (κ1) is 23.6. The van der Waals surface area contributed by atoms with Gasteiger partial charge >= 0.3 is 0 Å². The van der Waals surface area contributed by atoms with Gasteiger partial charge in [-0.25, -0.2) is 17.7 Å². The molecule has 0 bridgehead atoms. The van der Waals surface area contributed by atoms with Crippen LogP contribution in [0.1, 0.15) is 16.1 Å². The highest BCUT2D eigenvalue weighted by atomic mass is 32.2. The molecule has 1 N–H and O–H groups in total. The lowest BCUT2D eigenvalue weighted by molar-refractivity contribution is 0.102. The van der Waals surface area contributed by atoms with Crippen molar-refractivity contribution in [3.8, 4) is 22.1 Å². The Morgan fingerprint density at radius 1 is 1.09 bits per heavy atom. The minimum absolute atomic E-state index is 0.115. The average molecular weight is 498 g/mol. The summed E-state index contributed by atoms with van der Waals surface area (Å²) >= 11 is 1.40. The largest absolute Gasteiger partial charge is 0.497 e. The molecule has 176 valence electrons. The van der Waals surface area contributed by atoms with Crippen LogP contribution in [-0.2, 0) is 10.0 Å². The second-order valence-corrected chi connectivity index (χ2v) is 10.6. The topological polar surface area (TPSA) is 106 Å². The summed E-state index contributed by atoms with van der Waals surface area (Å²) in [6.07, 6.45) is 0. The Kier molecular flexibility index (Phi) is 6.51. The van der Waals surface area contributed by atoms with Crippen LogP contribution in [0.4, 0.5) is 5.82 Å². The van der Waals surface area contributed by atoms with E-state index in [9.17, 15) is 13.2 Å². The fraction of sp³-hybridized carbons (Fsp3) is 0.174. The van der Waals surface area contributed by atoms with Crippen molar-refractivity contribution in [3.63, 3.8) is 0 Å². The first-order valence-corrected chi connectivity index (χ1v) is 12.5. The van der Waals surface area contributed by atoms with E-state index in [0.717, 1.165) is 21.3 Å². The number of hydrogen-bond acceptors (Lipinski definition) is 7. The van der Waals surface area contributed by atoms with Crippen LogP contribution in [-0.4, -0.2) is 54.6 Å². The molecule has 34 heavy (non-hydrogen) atoms. The number of carbonyl (C=O) groups excluding carboxylic acids is 1. The van der Waals surface area contributed by atoms with Crippen LogP contribution >= 0.6 is 11.3 Å². The monoisotopic (exact) mass is 497 g/mol. The minimum atomic E-state index is -3.57. The van der Waals surface area contributed by atoms with E-state index >= 15 is 0 Å². The smallest absolute Gasteiger partial charge is 0.256 e. The molecule has 2 heterocycles. The highest BCUT2D eigenvalue weighted by Gasteiger charge is 2.19. The van der Waals surface area contributed by atoms with Crippen LogP contribution in [0.3, 0.4) is 0 Å². The SMILES string of the molecule is COc1ccc(-c2csc(-n3nc(C)cc3NC(=O)c3ccc(S(=O)(=O)N(C)C)cc3)n2)cc1. The fourth-order valence-corrected chi connectivity index (χ4v) is 4.87. The van der Waals surface area contributed by atoms with Gasteiger partial charge in [-0.1, -0.05) is 0 Å². The number of anilines is 1. The van der Waals surface area contributed by atoms with Crippen molar-refractivity contribution < 1.29 is 17.9 Å². The van der Waals surface area contributed by atoms with Gasteiger partial charge in [-0.05, 0) is 55.5 Å². The maximum Gasteiger partial charge on any atom is 0.256 e. The van der Waals surface area contributed by atoms with Gasteiger partial charge in [0, 0.05) is 36.7 Å². The number of nitrogens with zero attached hydrogens (tertiary/aromatic N) is 4. The van der Waals surface area contributed by atoms with Crippen molar-refractivity contribution in [2.24, 2.45) is 0 Å². The Morgan fingerprint density at radius 2 is 1.76 bits per heavy atom. The lowest BCUT2D eigenvalue weighted by atomic mass is 10.2. The van der Waals surface area contributed by atoms with Crippen molar-refractivity contribution in [1.82, 2.24) is 19.1 Å². The van der Waals surface area contributed by atoms with Gasteiger partial charge in [-0.3, -0.25) is 4.79 Å². The number of ether oxygens (including phenoxy) is 1. The Labute approximate surface area is 201 Å². The van der Waals surface area contributed by atoms with Crippen molar-refractivity contribution in [3.05, 3.63) is 71.2 Å². The van der Waals surface area contributed by atoms with E-state index in [1.165, 1.54) is 49.7 Å². The van der Waals surface area contributed by atoms with E-state index in [2.05, 4.69) is 15.4 Å². The molecular formula is C23H23N5O4S2. The Hall–Kier alpha value is -3.54. The van der Waals surface area contributed by atoms with Gasteiger partial charge in [0.05, 0.1) is 23.4 Å². The van der Waals surface area contributed by atoms with E-state index in [4.69, 9.17) is 4.74 Å². The molecule has 1 amide bonds. The van der Waals surface area contributed by atoms with Crippen LogP contribution in [0, 0.1) is 6.92 Å². The van der Waals surface area contributed by atoms with Gasteiger partial charge in [0.2, 0.25) is 15.2 Å². The Balaban J connectivity index is 1.56. The van der Waals surface area contributed by atoms with Crippen molar-refractivity contribution in [2.45, 2.75) is 11.8 Å². The van der Waals surface area contributed by atoms with Crippen LogP contribution in [0.15, 0.2) is 64.9 Å². The van der Waals surface area contributed by atoms with E-state index < -0.39 is 10.0 Å². The van der Waals surface area contributed by atoms with Gasteiger partial charge in [-0.15, -0.1) is 11.3 Å². The molecule has 0 radical (unpaired) electrons. The number of amides is 1. The first-order chi connectivity index (χ1) is 16.2. The molecule has 0 aliphatic heterocycles. The van der Waals surface area contributed by atoms with Crippen molar-refractivity contribution >= 4 is 33.1 Å². The summed E-state index contributed by atoms with van der Waals surface area (Å²) in [6.45, 7) is 1.82. The summed E-state index contributed by atoms with van der Waals surface area (Å²) in [5, 5.41) is 9.83. The number of methoxy groups -OCH3 is 1. The zero-order valence-electron chi connectivity index (χ0n) is 19.0. The highest BCUT2D eigenvalue weighted by Crippen LogP contribution is 2.28. The molecule has 0 atom stereocenters. The lowest BCUT2D eigenvalue weighted by Crippen LogP contribution is -2.22. The van der Waals surface area contributed by atoms with Gasteiger partial charge in [-0.2, -0.15) is 9.78 Å². The Morgan fingerprint density at radius 3 is 2.38 bits per heavy atom. The van der Waals surface area contributed by atoms with Gasteiger partial charge in [0.15, 0.2) is 0 Å². The molecule has 4 aromatic rings. The number of thiazole rings is 1. The molecule has 4 rings (SSSR count). The quantitative estimate of drug-likeness (QED) is 0.416. The number of sulfonamides is 1. The molecule has 0 spiro atoms. The van der Waals surface area contributed by atoms with Crippen LogP contribution in [0.25, 0.3) is 16.4 Å².